The van der Waals surface area contributed by atoms with Crippen LogP contribution in [0.1, 0.15) is 37.5 Å². The number of hydrogen-bond donors (Lipinski definition) is 0. The number of thioether (sulfide) groups is 1. The Balaban J connectivity index is 1.74. The van der Waals surface area contributed by atoms with Gasteiger partial charge in [0.1, 0.15) is 5.02 Å². The van der Waals surface area contributed by atoms with Crippen LogP contribution in [0.25, 0.3) is 5.57 Å². The Morgan fingerprint density at radius 3 is 2.13 bits per heavy atom. The van der Waals surface area contributed by atoms with E-state index in [1.807, 2.05) is 69.3 Å². The average molecular weight is 480 g/mol. The summed E-state index contributed by atoms with van der Waals surface area (Å²) in [6, 6.07) is 15.7. The lowest BCUT2D eigenvalue weighted by atomic mass is 9.99. The Labute approximate surface area is 195 Å². The number of hydrogen-bond acceptors (Lipinski definition) is 3. The molecule has 0 aliphatic heterocycles. The lowest BCUT2D eigenvalue weighted by Gasteiger charge is -2.21. The third kappa shape index (κ3) is 5.30. The second-order valence-electron chi connectivity index (χ2n) is 7.73. The summed E-state index contributed by atoms with van der Waals surface area (Å²) in [7, 11) is 0. The molecule has 3 rings (SSSR count). The standard InChI is InChI=1S/C23H21Cl3N2OS/c1-23(2,3)28-22(29)21(26)20(13-27-28)30-14-15-4-6-16(7-5-15)19(12-24)17-8-10-18(25)11-9-17/h4-13H,14H2,1-3H3. The van der Waals surface area contributed by atoms with Crippen LogP contribution in [0.15, 0.2) is 70.0 Å². The molecule has 0 atom stereocenters. The molecule has 0 amide bonds. The molecule has 1 aromatic heterocycles. The molecule has 2 aromatic carbocycles. The van der Waals surface area contributed by atoms with Crippen LogP contribution in [-0.2, 0) is 11.3 Å². The first-order valence-electron chi connectivity index (χ1n) is 9.27. The zero-order chi connectivity index (χ0) is 21.9. The normalized spacial score (nSPS) is 12.3. The monoisotopic (exact) mass is 478 g/mol. The number of rotatable bonds is 5. The summed E-state index contributed by atoms with van der Waals surface area (Å²) < 4.78 is 1.41. The van der Waals surface area contributed by atoms with Crippen LogP contribution in [0, 0.1) is 0 Å². The molecular weight excluding hydrogens is 459 g/mol. The molecule has 0 saturated carbocycles. The van der Waals surface area contributed by atoms with Crippen LogP contribution in [0.3, 0.4) is 0 Å². The maximum atomic E-state index is 12.5. The van der Waals surface area contributed by atoms with Gasteiger partial charge < -0.3 is 0 Å². The minimum absolute atomic E-state index is 0.205. The van der Waals surface area contributed by atoms with Crippen LogP contribution < -0.4 is 5.56 Å². The van der Waals surface area contributed by atoms with Crippen molar-refractivity contribution in [3.05, 3.63) is 97.4 Å². The molecule has 0 N–H and O–H groups in total. The van der Waals surface area contributed by atoms with Gasteiger partial charge in [-0.2, -0.15) is 5.10 Å². The summed E-state index contributed by atoms with van der Waals surface area (Å²) in [5.41, 5.74) is 4.90. The van der Waals surface area contributed by atoms with Crippen molar-refractivity contribution in [2.24, 2.45) is 0 Å². The third-order valence-electron chi connectivity index (χ3n) is 4.45. The van der Waals surface area contributed by atoms with Crippen molar-refractivity contribution in [3.8, 4) is 0 Å². The highest BCUT2D eigenvalue weighted by Crippen LogP contribution is 2.29. The van der Waals surface area contributed by atoms with Gasteiger partial charge in [-0.25, -0.2) is 4.68 Å². The highest BCUT2D eigenvalue weighted by molar-refractivity contribution is 7.98. The Kier molecular flexibility index (Phi) is 7.35. The lowest BCUT2D eigenvalue weighted by molar-refractivity contribution is 0.336. The molecule has 0 aliphatic carbocycles. The maximum Gasteiger partial charge on any atom is 0.287 e. The molecule has 3 aromatic rings. The van der Waals surface area contributed by atoms with E-state index in [2.05, 4.69) is 5.10 Å². The summed E-state index contributed by atoms with van der Waals surface area (Å²) in [6.45, 7) is 5.75. The van der Waals surface area contributed by atoms with Crippen LogP contribution in [0.5, 0.6) is 0 Å². The summed E-state index contributed by atoms with van der Waals surface area (Å²) in [5.74, 6) is 0.668. The first-order chi connectivity index (χ1) is 14.2. The summed E-state index contributed by atoms with van der Waals surface area (Å²) >= 11 is 19.9. The van der Waals surface area contributed by atoms with E-state index >= 15 is 0 Å². The summed E-state index contributed by atoms with van der Waals surface area (Å²) in [4.78, 5) is 13.2. The fourth-order valence-corrected chi connectivity index (χ4v) is 4.38. The third-order valence-corrected chi connectivity index (χ3v) is 6.49. The van der Waals surface area contributed by atoms with Crippen LogP contribution in [-0.4, -0.2) is 9.78 Å². The predicted molar refractivity (Wildman–Crippen MR) is 129 cm³/mol. The number of benzene rings is 2. The zero-order valence-electron chi connectivity index (χ0n) is 16.8. The Bertz CT molecular complexity index is 1120. The Morgan fingerprint density at radius 2 is 1.60 bits per heavy atom. The molecule has 0 spiro atoms. The fourth-order valence-electron chi connectivity index (χ4n) is 2.86. The maximum absolute atomic E-state index is 12.5. The highest BCUT2D eigenvalue weighted by Gasteiger charge is 2.19. The molecule has 0 saturated heterocycles. The van der Waals surface area contributed by atoms with Crippen molar-refractivity contribution in [1.82, 2.24) is 9.78 Å². The zero-order valence-corrected chi connectivity index (χ0v) is 19.9. The van der Waals surface area contributed by atoms with Gasteiger partial charge in [-0.05, 0) is 49.6 Å². The van der Waals surface area contributed by atoms with E-state index in [-0.39, 0.29) is 10.6 Å². The summed E-state index contributed by atoms with van der Waals surface area (Å²) in [6.07, 6.45) is 1.66. The first-order valence-corrected chi connectivity index (χ1v) is 11.5. The van der Waals surface area contributed by atoms with E-state index in [1.54, 1.807) is 11.7 Å². The van der Waals surface area contributed by atoms with E-state index in [1.165, 1.54) is 16.4 Å². The van der Waals surface area contributed by atoms with E-state index in [4.69, 9.17) is 34.8 Å². The smallest absolute Gasteiger partial charge is 0.266 e. The van der Waals surface area contributed by atoms with Gasteiger partial charge in [-0.15, -0.1) is 11.8 Å². The van der Waals surface area contributed by atoms with E-state index < -0.39 is 5.54 Å². The molecule has 0 unspecified atom stereocenters. The predicted octanol–water partition coefficient (Wildman–Crippen LogP) is 7.23. The van der Waals surface area contributed by atoms with Crippen molar-refractivity contribution >= 4 is 52.1 Å². The second-order valence-corrected chi connectivity index (χ2v) is 9.78. The molecule has 3 nitrogen and oxygen atoms in total. The topological polar surface area (TPSA) is 34.9 Å². The van der Waals surface area contributed by atoms with Crippen molar-refractivity contribution in [2.45, 2.75) is 37.0 Å². The van der Waals surface area contributed by atoms with Crippen molar-refractivity contribution < 1.29 is 0 Å². The minimum atomic E-state index is -0.419. The molecule has 7 heteroatoms. The van der Waals surface area contributed by atoms with Gasteiger partial charge in [-0.3, -0.25) is 4.79 Å². The molecule has 1 heterocycles. The van der Waals surface area contributed by atoms with E-state index in [9.17, 15) is 4.79 Å². The van der Waals surface area contributed by atoms with E-state index in [0.29, 0.717) is 15.7 Å². The van der Waals surface area contributed by atoms with Crippen LogP contribution >= 0.6 is 46.6 Å². The van der Waals surface area contributed by atoms with Crippen molar-refractivity contribution in [1.29, 1.82) is 0 Å². The summed E-state index contributed by atoms with van der Waals surface area (Å²) in [5, 5.41) is 5.17. The minimum Gasteiger partial charge on any atom is -0.266 e. The molecule has 0 fully saturated rings. The first kappa shape index (κ1) is 23.0. The van der Waals surface area contributed by atoms with Crippen molar-refractivity contribution in [3.63, 3.8) is 0 Å². The van der Waals surface area contributed by atoms with E-state index in [0.717, 1.165) is 22.3 Å². The number of halogens is 3. The van der Waals surface area contributed by atoms with Gasteiger partial charge in [0.15, 0.2) is 0 Å². The fraction of sp³-hybridized carbons (Fsp3) is 0.217. The van der Waals surface area contributed by atoms with Gasteiger partial charge >= 0.3 is 0 Å². The van der Waals surface area contributed by atoms with Gasteiger partial charge in [-0.1, -0.05) is 71.2 Å². The second kappa shape index (κ2) is 9.61. The van der Waals surface area contributed by atoms with Gasteiger partial charge in [0.2, 0.25) is 0 Å². The highest BCUT2D eigenvalue weighted by atomic mass is 35.5. The van der Waals surface area contributed by atoms with Gasteiger partial charge in [0.05, 0.1) is 16.6 Å². The molecule has 0 aliphatic rings. The molecule has 0 radical (unpaired) electrons. The largest absolute Gasteiger partial charge is 0.287 e. The van der Waals surface area contributed by atoms with Gasteiger partial charge in [0.25, 0.3) is 5.56 Å². The number of nitrogens with zero attached hydrogens (tertiary/aromatic N) is 2. The molecule has 0 bridgehead atoms. The molecule has 156 valence electrons. The average Bonchev–Trinajstić information content (AvgIpc) is 2.71. The number of aromatic nitrogens is 2. The molecule has 30 heavy (non-hydrogen) atoms. The van der Waals surface area contributed by atoms with Crippen LogP contribution in [0.2, 0.25) is 10.0 Å². The lowest BCUT2D eigenvalue weighted by Crippen LogP contribution is -2.36. The van der Waals surface area contributed by atoms with Gasteiger partial charge in [0, 0.05) is 21.9 Å². The quantitative estimate of drug-likeness (QED) is 0.362. The van der Waals surface area contributed by atoms with Crippen molar-refractivity contribution in [2.75, 3.05) is 0 Å². The SMILES string of the molecule is CC(C)(C)n1ncc(SCc2ccc(C(=CCl)c3ccc(Cl)cc3)cc2)c(Cl)c1=O. The Morgan fingerprint density at radius 1 is 1.03 bits per heavy atom. The Hall–Kier alpha value is -1.72. The van der Waals surface area contributed by atoms with Crippen LogP contribution in [0.4, 0.5) is 0 Å². The molecular formula is C23H21Cl3N2OS.